The molecule has 2 aromatic rings. The van der Waals surface area contributed by atoms with Crippen LogP contribution in [0.4, 0.5) is 0 Å². The molecule has 0 N–H and O–H groups in total. The van der Waals surface area contributed by atoms with E-state index in [4.69, 9.17) is 4.74 Å². The quantitative estimate of drug-likeness (QED) is 0.810. The van der Waals surface area contributed by atoms with Crippen molar-refractivity contribution >= 4 is 20.8 Å². The molecule has 0 aliphatic carbocycles. The van der Waals surface area contributed by atoms with Gasteiger partial charge in [0.05, 0.1) is 13.2 Å². The highest BCUT2D eigenvalue weighted by molar-refractivity contribution is 7.93. The van der Waals surface area contributed by atoms with E-state index in [9.17, 15) is 9.00 Å². The fourth-order valence-corrected chi connectivity index (χ4v) is 5.78. The Morgan fingerprint density at radius 1 is 1.33 bits per heavy atom. The van der Waals surface area contributed by atoms with Crippen LogP contribution in [0.2, 0.25) is 0 Å². The SMILES string of the molecule is Cn1c(=O)c(C2CCS(=O)(=NC3COC3)CC2)cc2cncnc21. The van der Waals surface area contributed by atoms with Gasteiger partial charge >= 0.3 is 0 Å². The minimum absolute atomic E-state index is 0.0241. The molecule has 0 aromatic carbocycles. The molecule has 0 spiro atoms. The van der Waals surface area contributed by atoms with Gasteiger partial charge in [0.15, 0.2) is 0 Å². The summed E-state index contributed by atoms with van der Waals surface area (Å²) in [4.78, 5) is 20.9. The maximum absolute atomic E-state index is 12.8. The lowest BCUT2D eigenvalue weighted by Crippen LogP contribution is -2.35. The first-order chi connectivity index (χ1) is 11.6. The van der Waals surface area contributed by atoms with E-state index in [2.05, 4.69) is 14.3 Å². The summed E-state index contributed by atoms with van der Waals surface area (Å²) in [5.74, 6) is 1.23. The van der Waals surface area contributed by atoms with Crippen LogP contribution in [0, 0.1) is 0 Å². The Balaban J connectivity index is 1.63. The second-order valence-electron chi connectivity index (χ2n) is 6.52. The molecule has 0 atom stereocenters. The average Bonchev–Trinajstić information content (AvgIpc) is 2.56. The van der Waals surface area contributed by atoms with Crippen LogP contribution in [0.25, 0.3) is 11.0 Å². The summed E-state index contributed by atoms with van der Waals surface area (Å²) in [6.07, 6.45) is 4.63. The number of hydrogen-bond donors (Lipinski definition) is 0. The molecular formula is C16H20N4O3S. The van der Waals surface area contributed by atoms with Gasteiger partial charge in [-0.3, -0.25) is 9.36 Å². The van der Waals surface area contributed by atoms with Crippen LogP contribution in [0.3, 0.4) is 0 Å². The van der Waals surface area contributed by atoms with Gasteiger partial charge in [0, 0.05) is 45.4 Å². The third-order valence-electron chi connectivity index (χ3n) is 4.87. The fourth-order valence-electron chi connectivity index (χ4n) is 3.40. The number of fused-ring (bicyclic) bond motifs is 1. The standard InChI is InChI=1S/C16H20N4O3S/c1-20-15-12(7-17-10-18-15)6-14(16(20)21)11-2-4-24(22,5-3-11)19-13-8-23-9-13/h6-7,10-11,13H,2-5,8-9H2,1H3. The Kier molecular flexibility index (Phi) is 3.88. The van der Waals surface area contributed by atoms with Gasteiger partial charge < -0.3 is 4.74 Å². The Labute approximate surface area is 140 Å². The lowest BCUT2D eigenvalue weighted by Gasteiger charge is -2.28. The van der Waals surface area contributed by atoms with E-state index in [0.717, 1.165) is 23.8 Å². The van der Waals surface area contributed by atoms with Crippen molar-refractivity contribution in [3.63, 3.8) is 0 Å². The second-order valence-corrected chi connectivity index (χ2v) is 9.09. The zero-order valence-electron chi connectivity index (χ0n) is 13.6. The Morgan fingerprint density at radius 3 is 2.75 bits per heavy atom. The number of hydrogen-bond acceptors (Lipinski definition) is 6. The van der Waals surface area contributed by atoms with Crippen molar-refractivity contribution in [2.75, 3.05) is 24.7 Å². The van der Waals surface area contributed by atoms with Crippen LogP contribution >= 0.6 is 0 Å². The predicted octanol–water partition coefficient (Wildman–Crippen LogP) is 1.07. The number of rotatable bonds is 2. The molecule has 4 rings (SSSR count). The monoisotopic (exact) mass is 348 g/mol. The molecule has 2 aromatic heterocycles. The highest BCUT2D eigenvalue weighted by atomic mass is 32.2. The van der Waals surface area contributed by atoms with Crippen molar-refractivity contribution in [2.24, 2.45) is 11.4 Å². The molecule has 0 bridgehead atoms. The molecule has 2 aliphatic heterocycles. The molecular weight excluding hydrogens is 328 g/mol. The number of ether oxygens (including phenoxy) is 1. The minimum Gasteiger partial charge on any atom is -0.377 e. The zero-order valence-corrected chi connectivity index (χ0v) is 14.4. The molecule has 24 heavy (non-hydrogen) atoms. The van der Waals surface area contributed by atoms with E-state index >= 15 is 0 Å². The zero-order chi connectivity index (χ0) is 16.7. The van der Waals surface area contributed by atoms with E-state index in [1.807, 2.05) is 6.07 Å². The highest BCUT2D eigenvalue weighted by Gasteiger charge is 2.28. The Hall–Kier alpha value is -1.80. The first-order valence-electron chi connectivity index (χ1n) is 8.15. The molecule has 0 unspecified atom stereocenters. The van der Waals surface area contributed by atoms with Crippen molar-refractivity contribution in [3.05, 3.63) is 34.5 Å². The molecule has 2 fully saturated rings. The van der Waals surface area contributed by atoms with Gasteiger partial charge in [-0.15, -0.1) is 0 Å². The summed E-state index contributed by atoms with van der Waals surface area (Å²) in [6.45, 7) is 1.18. The summed E-state index contributed by atoms with van der Waals surface area (Å²) in [5.41, 5.74) is 1.38. The third kappa shape index (κ3) is 2.73. The summed E-state index contributed by atoms with van der Waals surface area (Å²) in [5, 5.41) is 0.859. The topological polar surface area (TPSA) is 86.4 Å². The summed E-state index contributed by atoms with van der Waals surface area (Å²) < 4.78 is 24.0. The molecule has 7 nitrogen and oxygen atoms in total. The van der Waals surface area contributed by atoms with Crippen molar-refractivity contribution in [2.45, 2.75) is 24.8 Å². The highest BCUT2D eigenvalue weighted by Crippen LogP contribution is 2.30. The van der Waals surface area contributed by atoms with Gasteiger partial charge in [0.1, 0.15) is 18.0 Å². The van der Waals surface area contributed by atoms with E-state index in [-0.39, 0.29) is 17.5 Å². The summed E-state index contributed by atoms with van der Waals surface area (Å²) in [7, 11) is -0.410. The van der Waals surface area contributed by atoms with Crippen LogP contribution in [0.15, 0.2) is 27.7 Å². The Morgan fingerprint density at radius 2 is 2.08 bits per heavy atom. The van der Waals surface area contributed by atoms with Crippen molar-refractivity contribution < 1.29 is 8.95 Å². The predicted molar refractivity (Wildman–Crippen MR) is 91.7 cm³/mol. The molecule has 4 heterocycles. The molecule has 8 heteroatoms. The van der Waals surface area contributed by atoms with Crippen LogP contribution in [0.5, 0.6) is 0 Å². The number of nitrogens with zero attached hydrogens (tertiary/aromatic N) is 4. The lowest BCUT2D eigenvalue weighted by molar-refractivity contribution is 0.0140. The van der Waals surface area contributed by atoms with Gasteiger partial charge in [-0.25, -0.2) is 18.5 Å². The number of aryl methyl sites for hydroxylation is 1. The van der Waals surface area contributed by atoms with E-state index in [1.165, 1.54) is 6.33 Å². The molecule has 2 aliphatic rings. The average molecular weight is 348 g/mol. The first-order valence-corrected chi connectivity index (χ1v) is 10.00. The Bertz CT molecular complexity index is 943. The lowest BCUT2D eigenvalue weighted by atomic mass is 9.94. The van der Waals surface area contributed by atoms with Gasteiger partial charge in [-0.05, 0) is 24.8 Å². The molecule has 128 valence electrons. The van der Waals surface area contributed by atoms with Gasteiger partial charge in [0.2, 0.25) is 0 Å². The second kappa shape index (κ2) is 5.93. The largest absolute Gasteiger partial charge is 0.377 e. The van der Waals surface area contributed by atoms with E-state index < -0.39 is 9.73 Å². The van der Waals surface area contributed by atoms with Crippen molar-refractivity contribution in [1.82, 2.24) is 14.5 Å². The van der Waals surface area contributed by atoms with Gasteiger partial charge in [-0.1, -0.05) is 0 Å². The van der Waals surface area contributed by atoms with Crippen LogP contribution in [-0.4, -0.2) is 49.5 Å². The minimum atomic E-state index is -2.15. The number of aromatic nitrogens is 3. The van der Waals surface area contributed by atoms with Gasteiger partial charge in [-0.2, -0.15) is 0 Å². The first kappa shape index (κ1) is 15.7. The number of pyridine rings is 1. The molecule has 0 amide bonds. The molecule has 2 saturated heterocycles. The van der Waals surface area contributed by atoms with Gasteiger partial charge in [0.25, 0.3) is 5.56 Å². The third-order valence-corrected chi connectivity index (χ3v) is 7.30. The van der Waals surface area contributed by atoms with Crippen molar-refractivity contribution in [1.29, 1.82) is 0 Å². The molecule has 0 radical (unpaired) electrons. The maximum Gasteiger partial charge on any atom is 0.255 e. The van der Waals surface area contributed by atoms with Crippen LogP contribution in [0.1, 0.15) is 24.3 Å². The van der Waals surface area contributed by atoms with E-state index in [0.29, 0.717) is 30.4 Å². The fraction of sp³-hybridized carbons (Fsp3) is 0.562. The smallest absolute Gasteiger partial charge is 0.255 e. The maximum atomic E-state index is 12.8. The molecule has 0 saturated carbocycles. The normalized spacial score (nSPS) is 27.8. The van der Waals surface area contributed by atoms with Crippen LogP contribution < -0.4 is 5.56 Å². The van der Waals surface area contributed by atoms with Crippen molar-refractivity contribution in [3.8, 4) is 0 Å². The summed E-state index contributed by atoms with van der Waals surface area (Å²) >= 11 is 0. The van der Waals surface area contributed by atoms with Crippen LogP contribution in [-0.2, 0) is 21.5 Å². The summed E-state index contributed by atoms with van der Waals surface area (Å²) in [6, 6.07) is 1.99. The van der Waals surface area contributed by atoms with E-state index in [1.54, 1.807) is 17.8 Å².